The van der Waals surface area contributed by atoms with Crippen LogP contribution in [0.15, 0.2) is 33.9 Å². The maximum atomic E-state index is 12.9. The fourth-order valence-electron chi connectivity index (χ4n) is 3.42. The van der Waals surface area contributed by atoms with Gasteiger partial charge in [0, 0.05) is 19.5 Å². The van der Waals surface area contributed by atoms with Gasteiger partial charge >= 0.3 is 23.4 Å². The summed E-state index contributed by atoms with van der Waals surface area (Å²) in [6.45, 7) is 4.59. The fourth-order valence-corrected chi connectivity index (χ4v) is 3.42. The number of hydrogen-bond donors (Lipinski definition) is 1. The third kappa shape index (κ3) is 9.58. The molecule has 0 atom stereocenters. The zero-order valence-electron chi connectivity index (χ0n) is 21.3. The van der Waals surface area contributed by atoms with Crippen LogP contribution >= 0.6 is 0 Å². The molecular weight excluding hydrogens is 495 g/mol. The summed E-state index contributed by atoms with van der Waals surface area (Å²) in [6, 6.07) is 6.31. The van der Waals surface area contributed by atoms with Gasteiger partial charge in [-0.25, -0.2) is 14.3 Å². The Morgan fingerprint density at radius 3 is 2.24 bits per heavy atom. The van der Waals surface area contributed by atoms with Gasteiger partial charge < -0.3 is 14.6 Å². The van der Waals surface area contributed by atoms with E-state index >= 15 is 0 Å². The van der Waals surface area contributed by atoms with Crippen molar-refractivity contribution in [1.29, 1.82) is 0 Å². The molecule has 12 heteroatoms. The Bertz CT molecular complexity index is 1140. The molecule has 0 amide bonds. The second kappa shape index (κ2) is 13.3. The van der Waals surface area contributed by atoms with E-state index in [0.29, 0.717) is 17.7 Å². The van der Waals surface area contributed by atoms with E-state index in [0.717, 1.165) is 34.9 Å². The maximum absolute atomic E-state index is 12.9. The molecule has 0 aliphatic carbocycles. The number of carboxylic acid groups (broad SMARTS) is 1. The van der Waals surface area contributed by atoms with Gasteiger partial charge in [0.05, 0.1) is 0 Å². The van der Waals surface area contributed by atoms with Crippen LogP contribution in [0, 0.1) is 0 Å². The van der Waals surface area contributed by atoms with E-state index in [2.05, 4.69) is 12.0 Å². The molecule has 0 aliphatic rings. The van der Waals surface area contributed by atoms with Crippen LogP contribution in [0.25, 0.3) is 0 Å². The van der Waals surface area contributed by atoms with Crippen molar-refractivity contribution in [3.05, 3.63) is 50.7 Å². The smallest absolute Gasteiger partial charge is 0.389 e. The lowest BCUT2D eigenvalue weighted by Crippen LogP contribution is -2.42. The van der Waals surface area contributed by atoms with Crippen LogP contribution in [0.3, 0.4) is 0 Å². The SMILES string of the molecule is CCCCCCCn1c(=O)c(OCc2ccc(OC(C)(C)C(=O)O)cc2)nn(CCCC(F)(F)F)c1=O. The Hall–Kier alpha value is -3.31. The van der Waals surface area contributed by atoms with Gasteiger partial charge in [-0.15, -0.1) is 5.10 Å². The lowest BCUT2D eigenvalue weighted by atomic mass is 10.1. The number of rotatable bonds is 15. The average molecular weight is 530 g/mol. The first kappa shape index (κ1) is 29.9. The number of carboxylic acids is 1. The fraction of sp³-hybridized carbons (Fsp3) is 0.600. The molecule has 0 aliphatic heterocycles. The van der Waals surface area contributed by atoms with Gasteiger partial charge in [-0.05, 0) is 44.4 Å². The highest BCUT2D eigenvalue weighted by atomic mass is 19.4. The second-order valence-corrected chi connectivity index (χ2v) is 9.25. The largest absolute Gasteiger partial charge is 0.478 e. The first-order chi connectivity index (χ1) is 17.3. The number of ether oxygens (including phenoxy) is 2. The number of hydrogen-bond acceptors (Lipinski definition) is 6. The molecule has 1 N–H and O–H groups in total. The van der Waals surface area contributed by atoms with E-state index < -0.39 is 35.4 Å². The molecule has 206 valence electrons. The summed E-state index contributed by atoms with van der Waals surface area (Å²) in [4.78, 5) is 36.9. The zero-order valence-corrected chi connectivity index (χ0v) is 21.3. The quantitative estimate of drug-likeness (QED) is 0.337. The van der Waals surface area contributed by atoms with E-state index in [1.54, 1.807) is 24.3 Å². The summed E-state index contributed by atoms with van der Waals surface area (Å²) in [7, 11) is 0. The molecule has 0 saturated carbocycles. The van der Waals surface area contributed by atoms with Crippen molar-refractivity contribution in [2.75, 3.05) is 0 Å². The number of aryl methyl sites for hydroxylation is 1. The van der Waals surface area contributed by atoms with Crippen LogP contribution in [-0.2, 0) is 24.5 Å². The number of nitrogens with zero attached hydrogens (tertiary/aromatic N) is 3. The molecule has 1 heterocycles. The molecule has 0 radical (unpaired) electrons. The molecule has 37 heavy (non-hydrogen) atoms. The minimum atomic E-state index is -4.37. The Labute approximate surface area is 212 Å². The summed E-state index contributed by atoms with van der Waals surface area (Å²) >= 11 is 0. The lowest BCUT2D eigenvalue weighted by Gasteiger charge is -2.21. The normalized spacial score (nSPS) is 11.9. The van der Waals surface area contributed by atoms with E-state index in [1.165, 1.54) is 13.8 Å². The van der Waals surface area contributed by atoms with Gasteiger partial charge in [-0.2, -0.15) is 13.2 Å². The predicted octanol–water partition coefficient (Wildman–Crippen LogP) is 4.54. The molecule has 0 fully saturated rings. The Balaban J connectivity index is 2.19. The Kier molecular flexibility index (Phi) is 10.8. The molecule has 1 aromatic carbocycles. The summed E-state index contributed by atoms with van der Waals surface area (Å²) in [6.07, 6.45) is -1.44. The monoisotopic (exact) mass is 529 g/mol. The van der Waals surface area contributed by atoms with Gasteiger partial charge in [0.15, 0.2) is 5.60 Å². The number of aromatic nitrogens is 3. The summed E-state index contributed by atoms with van der Waals surface area (Å²) in [5.41, 5.74) is -2.33. The number of halogens is 3. The minimum absolute atomic E-state index is 0.109. The molecular formula is C25H34F3N3O6. The van der Waals surface area contributed by atoms with Crippen LogP contribution in [-0.4, -0.2) is 37.2 Å². The molecule has 0 unspecified atom stereocenters. The van der Waals surface area contributed by atoms with E-state index in [4.69, 9.17) is 9.47 Å². The first-order valence-electron chi connectivity index (χ1n) is 12.3. The minimum Gasteiger partial charge on any atom is -0.478 e. The number of unbranched alkanes of at least 4 members (excludes halogenated alkanes) is 4. The van der Waals surface area contributed by atoms with Crippen molar-refractivity contribution >= 4 is 5.97 Å². The first-order valence-corrected chi connectivity index (χ1v) is 12.3. The molecule has 0 spiro atoms. The van der Waals surface area contributed by atoms with E-state index in [1.807, 2.05) is 0 Å². The second-order valence-electron chi connectivity index (χ2n) is 9.25. The molecule has 0 saturated heterocycles. The molecule has 1 aromatic heterocycles. The van der Waals surface area contributed by atoms with Crippen molar-refractivity contribution in [2.45, 2.75) is 97.2 Å². The van der Waals surface area contributed by atoms with Crippen molar-refractivity contribution in [1.82, 2.24) is 14.3 Å². The lowest BCUT2D eigenvalue weighted by molar-refractivity contribution is -0.152. The molecule has 9 nitrogen and oxygen atoms in total. The van der Waals surface area contributed by atoms with Crippen LogP contribution < -0.4 is 20.7 Å². The van der Waals surface area contributed by atoms with Crippen LogP contribution in [0.5, 0.6) is 11.6 Å². The molecule has 0 bridgehead atoms. The van der Waals surface area contributed by atoms with Crippen molar-refractivity contribution in [3.8, 4) is 11.6 Å². The summed E-state index contributed by atoms with van der Waals surface area (Å²) in [5, 5.41) is 13.1. The summed E-state index contributed by atoms with van der Waals surface area (Å²) in [5.74, 6) is -1.19. The third-order valence-electron chi connectivity index (χ3n) is 5.59. The van der Waals surface area contributed by atoms with Crippen molar-refractivity contribution < 1.29 is 32.5 Å². The Morgan fingerprint density at radius 1 is 1.00 bits per heavy atom. The van der Waals surface area contributed by atoms with Gasteiger partial charge in [-0.3, -0.25) is 9.36 Å². The highest BCUT2D eigenvalue weighted by Gasteiger charge is 2.29. The van der Waals surface area contributed by atoms with E-state index in [-0.39, 0.29) is 32.0 Å². The average Bonchev–Trinajstić information content (AvgIpc) is 2.81. The van der Waals surface area contributed by atoms with Crippen molar-refractivity contribution in [3.63, 3.8) is 0 Å². The highest BCUT2D eigenvalue weighted by molar-refractivity contribution is 5.76. The van der Waals surface area contributed by atoms with Crippen LogP contribution in [0.1, 0.15) is 71.3 Å². The topological polar surface area (TPSA) is 113 Å². The van der Waals surface area contributed by atoms with Gasteiger partial charge in [0.1, 0.15) is 12.4 Å². The zero-order chi connectivity index (χ0) is 27.6. The summed E-state index contributed by atoms with van der Waals surface area (Å²) < 4.78 is 50.6. The molecule has 2 aromatic rings. The maximum Gasteiger partial charge on any atom is 0.389 e. The van der Waals surface area contributed by atoms with E-state index in [9.17, 15) is 32.7 Å². The highest BCUT2D eigenvalue weighted by Crippen LogP contribution is 2.22. The van der Waals surface area contributed by atoms with Crippen molar-refractivity contribution in [2.24, 2.45) is 0 Å². The Morgan fingerprint density at radius 2 is 1.65 bits per heavy atom. The molecule has 2 rings (SSSR count). The number of aliphatic carboxylic acids is 1. The van der Waals surface area contributed by atoms with Crippen LogP contribution in [0.4, 0.5) is 13.2 Å². The van der Waals surface area contributed by atoms with Crippen LogP contribution in [0.2, 0.25) is 0 Å². The van der Waals surface area contributed by atoms with Gasteiger partial charge in [0.2, 0.25) is 0 Å². The number of alkyl halides is 3. The number of benzene rings is 1. The standard InChI is InChI=1S/C25H34F3N3O6/c1-4-5-6-7-8-15-30-21(32)20(29-31(23(30)35)16-9-14-25(26,27)28)36-17-18-10-12-19(13-11-18)37-24(2,3)22(33)34/h10-13H,4-9,14-17H2,1-3H3,(H,33,34). The van der Waals surface area contributed by atoms with Gasteiger partial charge in [-0.1, -0.05) is 44.7 Å². The number of carbonyl (C=O) groups is 1. The van der Waals surface area contributed by atoms with Gasteiger partial charge in [0.25, 0.3) is 5.88 Å². The predicted molar refractivity (Wildman–Crippen MR) is 130 cm³/mol. The third-order valence-corrected chi connectivity index (χ3v) is 5.59.